The number of carboxylic acids is 4. The molecular formula is C15H35N5O9. The fraction of sp³-hybridized carbons (Fsp3) is 0.733. The van der Waals surface area contributed by atoms with Crippen molar-refractivity contribution in [1.82, 2.24) is 0 Å². The van der Waals surface area contributed by atoms with Crippen molar-refractivity contribution in [3.63, 3.8) is 0 Å². The molecule has 4 atom stereocenters. The fourth-order valence-electron chi connectivity index (χ4n) is 0.710. The maximum Gasteiger partial charge on any atom is 0.322 e. The van der Waals surface area contributed by atoms with E-state index in [-0.39, 0.29) is 0 Å². The molecule has 174 valence electrons. The van der Waals surface area contributed by atoms with Crippen LogP contribution in [0.15, 0.2) is 0 Å². The minimum atomic E-state index is -1.18. The zero-order chi connectivity index (χ0) is 24.2. The normalized spacial score (nSPS) is 13.4. The first-order valence-electron chi connectivity index (χ1n) is 8.39. The summed E-state index contributed by atoms with van der Waals surface area (Å²) in [6.45, 7) is 2.94. The Morgan fingerprint density at radius 3 is 1.14 bits per heavy atom. The minimum absolute atomic E-state index is 0.505. The summed E-state index contributed by atoms with van der Waals surface area (Å²) < 4.78 is 0. The lowest BCUT2D eigenvalue weighted by molar-refractivity contribution is -0.140. The summed E-state index contributed by atoms with van der Waals surface area (Å²) in [6, 6.07) is -3.30. The molecule has 0 aliphatic heterocycles. The standard InChI is InChI=1S/C6H14N2O2.C3H7NO3.2C3H7NO2/c7-4-2-1-3-5(8)6(9)10;4-2(1-5)3(6)7;2*1-2(4)3(5)6/h5H,1-4,7-8H2,(H,9,10);2,5H,1,4H2,(H,6,7);2*2H,4H2,1H3,(H,5,6)/t5-;3*2-/m0000/s1. The van der Waals surface area contributed by atoms with Crippen molar-refractivity contribution in [3.05, 3.63) is 0 Å². The van der Waals surface area contributed by atoms with E-state index in [0.29, 0.717) is 13.0 Å². The summed E-state index contributed by atoms with van der Waals surface area (Å²) in [5.74, 6) is -4.04. The molecule has 14 heteroatoms. The number of carbonyl (C=O) groups is 4. The first kappa shape index (κ1) is 34.2. The van der Waals surface area contributed by atoms with Gasteiger partial charge >= 0.3 is 23.9 Å². The molecule has 0 amide bonds. The molecule has 0 aromatic heterocycles. The molecule has 0 rings (SSSR count). The summed E-state index contributed by atoms with van der Waals surface area (Å²) in [5, 5.41) is 40.0. The lowest BCUT2D eigenvalue weighted by Crippen LogP contribution is -2.33. The van der Waals surface area contributed by atoms with Gasteiger partial charge in [0.1, 0.15) is 24.2 Å². The van der Waals surface area contributed by atoms with Gasteiger partial charge in [0.2, 0.25) is 0 Å². The topological polar surface area (TPSA) is 300 Å². The Bertz CT molecular complexity index is 443. The van der Waals surface area contributed by atoms with E-state index in [0.717, 1.165) is 12.8 Å². The first-order valence-corrected chi connectivity index (χ1v) is 8.39. The summed E-state index contributed by atoms with van der Waals surface area (Å²) in [4.78, 5) is 38.9. The Balaban J connectivity index is -0.000000148. The third-order valence-corrected chi connectivity index (χ3v) is 2.58. The third-order valence-electron chi connectivity index (χ3n) is 2.58. The predicted octanol–water partition coefficient (Wildman–Crippen LogP) is -3.25. The van der Waals surface area contributed by atoms with Crippen LogP contribution in [-0.2, 0) is 19.2 Å². The van der Waals surface area contributed by atoms with Gasteiger partial charge in [0, 0.05) is 0 Å². The lowest BCUT2D eigenvalue weighted by Gasteiger charge is -2.03. The number of hydrogen-bond acceptors (Lipinski definition) is 10. The average molecular weight is 429 g/mol. The van der Waals surface area contributed by atoms with E-state index in [1.807, 2.05) is 0 Å². The molecule has 0 bridgehead atoms. The third kappa shape index (κ3) is 33.6. The molecule has 0 unspecified atom stereocenters. The molecule has 0 saturated carbocycles. The Labute approximate surface area is 168 Å². The Kier molecular flexibility index (Phi) is 25.8. The van der Waals surface area contributed by atoms with Crippen molar-refractivity contribution < 1.29 is 44.7 Å². The maximum atomic E-state index is 10.1. The van der Waals surface area contributed by atoms with Gasteiger partial charge in [-0.25, -0.2) is 0 Å². The van der Waals surface area contributed by atoms with Crippen molar-refractivity contribution in [2.45, 2.75) is 57.3 Å². The van der Waals surface area contributed by atoms with Gasteiger partial charge in [-0.1, -0.05) is 6.42 Å². The van der Waals surface area contributed by atoms with Gasteiger partial charge in [-0.15, -0.1) is 0 Å². The lowest BCUT2D eigenvalue weighted by atomic mass is 10.1. The van der Waals surface area contributed by atoms with Crippen molar-refractivity contribution in [2.75, 3.05) is 13.2 Å². The SMILES string of the molecule is C[C@H](N)C(=O)O.C[C@H](N)C(=O)O.NCCCC[C@H](N)C(=O)O.N[C@@H](CO)C(=O)O. The van der Waals surface area contributed by atoms with E-state index in [1.54, 1.807) is 0 Å². The van der Waals surface area contributed by atoms with E-state index in [1.165, 1.54) is 13.8 Å². The van der Waals surface area contributed by atoms with Gasteiger partial charge in [-0.2, -0.15) is 0 Å². The van der Waals surface area contributed by atoms with E-state index < -0.39 is 54.7 Å². The molecule has 0 aliphatic carbocycles. The van der Waals surface area contributed by atoms with Crippen LogP contribution in [-0.4, -0.2) is 86.7 Å². The highest BCUT2D eigenvalue weighted by Crippen LogP contribution is 1.96. The average Bonchev–Trinajstić information content (AvgIpc) is 2.62. The van der Waals surface area contributed by atoms with Gasteiger partial charge in [-0.3, -0.25) is 19.2 Å². The molecule has 0 aromatic carbocycles. The fourth-order valence-corrected chi connectivity index (χ4v) is 0.710. The van der Waals surface area contributed by atoms with Crippen molar-refractivity contribution >= 4 is 23.9 Å². The van der Waals surface area contributed by atoms with Gasteiger partial charge in [0.25, 0.3) is 0 Å². The molecule has 0 heterocycles. The van der Waals surface area contributed by atoms with Crippen LogP contribution in [0.2, 0.25) is 0 Å². The zero-order valence-corrected chi connectivity index (χ0v) is 16.6. The Hall–Kier alpha value is -2.36. The zero-order valence-electron chi connectivity index (χ0n) is 16.6. The highest BCUT2D eigenvalue weighted by atomic mass is 16.4. The molecule has 14 nitrogen and oxygen atoms in total. The molecular weight excluding hydrogens is 394 g/mol. The molecule has 0 aliphatic rings. The Morgan fingerprint density at radius 2 is 1.00 bits per heavy atom. The van der Waals surface area contributed by atoms with Gasteiger partial charge in [0.05, 0.1) is 6.61 Å². The van der Waals surface area contributed by atoms with Crippen molar-refractivity contribution in [1.29, 1.82) is 0 Å². The summed E-state index contributed by atoms with van der Waals surface area (Å²) in [5.41, 5.74) is 24.9. The largest absolute Gasteiger partial charge is 0.480 e. The van der Waals surface area contributed by atoms with Gasteiger partial charge in [0.15, 0.2) is 0 Å². The molecule has 0 saturated heterocycles. The minimum Gasteiger partial charge on any atom is -0.480 e. The number of aliphatic carboxylic acids is 4. The van der Waals surface area contributed by atoms with Crippen LogP contribution in [0.1, 0.15) is 33.1 Å². The van der Waals surface area contributed by atoms with E-state index in [9.17, 15) is 19.2 Å². The van der Waals surface area contributed by atoms with Crippen LogP contribution < -0.4 is 28.7 Å². The second-order valence-corrected chi connectivity index (χ2v) is 5.61. The molecule has 29 heavy (non-hydrogen) atoms. The number of unbranched alkanes of at least 4 members (excludes halogenated alkanes) is 1. The van der Waals surface area contributed by atoms with E-state index in [4.69, 9.17) is 54.2 Å². The molecule has 0 aromatic rings. The molecule has 0 fully saturated rings. The molecule has 0 radical (unpaired) electrons. The number of hydrogen-bond donors (Lipinski definition) is 10. The smallest absolute Gasteiger partial charge is 0.322 e. The van der Waals surface area contributed by atoms with Crippen LogP contribution >= 0.6 is 0 Å². The van der Waals surface area contributed by atoms with Gasteiger partial charge < -0.3 is 54.2 Å². The van der Waals surface area contributed by atoms with Crippen molar-refractivity contribution in [2.24, 2.45) is 28.7 Å². The van der Waals surface area contributed by atoms with Crippen molar-refractivity contribution in [3.8, 4) is 0 Å². The highest BCUT2D eigenvalue weighted by molar-refractivity contribution is 5.73. The van der Waals surface area contributed by atoms with Crippen LogP contribution in [0.3, 0.4) is 0 Å². The summed E-state index contributed by atoms with van der Waals surface area (Å²) in [6.07, 6.45) is 2.16. The highest BCUT2D eigenvalue weighted by Gasteiger charge is 2.09. The van der Waals surface area contributed by atoms with Crippen LogP contribution in [0, 0.1) is 0 Å². The predicted molar refractivity (Wildman–Crippen MR) is 104 cm³/mol. The van der Waals surface area contributed by atoms with Crippen LogP contribution in [0.5, 0.6) is 0 Å². The quantitative estimate of drug-likeness (QED) is 0.161. The molecule has 15 N–H and O–H groups in total. The summed E-state index contributed by atoms with van der Waals surface area (Å²) >= 11 is 0. The number of aliphatic hydroxyl groups excluding tert-OH is 1. The maximum absolute atomic E-state index is 10.1. The Morgan fingerprint density at radius 1 is 0.690 bits per heavy atom. The van der Waals surface area contributed by atoms with E-state index >= 15 is 0 Å². The van der Waals surface area contributed by atoms with Gasteiger partial charge in [-0.05, 0) is 33.2 Å². The van der Waals surface area contributed by atoms with Crippen LogP contribution in [0.4, 0.5) is 0 Å². The number of rotatable bonds is 9. The summed E-state index contributed by atoms with van der Waals surface area (Å²) in [7, 11) is 0. The number of nitrogens with two attached hydrogens (primary N) is 5. The molecule has 0 spiro atoms. The number of carboxylic acid groups (broad SMARTS) is 4. The monoisotopic (exact) mass is 429 g/mol. The first-order chi connectivity index (χ1) is 13.1. The number of aliphatic hydroxyl groups is 1. The second-order valence-electron chi connectivity index (χ2n) is 5.61. The second kappa shape index (κ2) is 21.9. The van der Waals surface area contributed by atoms with E-state index in [2.05, 4.69) is 0 Å². The van der Waals surface area contributed by atoms with Crippen LogP contribution in [0.25, 0.3) is 0 Å².